The molecule has 4 rings (SSSR count). The van der Waals surface area contributed by atoms with Gasteiger partial charge in [0.05, 0.1) is 12.2 Å². The summed E-state index contributed by atoms with van der Waals surface area (Å²) in [4.78, 5) is 18.7. The summed E-state index contributed by atoms with van der Waals surface area (Å²) in [6.07, 6.45) is 0. The quantitative estimate of drug-likeness (QED) is 0.692. The maximum atomic E-state index is 12.4. The zero-order valence-corrected chi connectivity index (χ0v) is 13.0. The second kappa shape index (κ2) is 4.18. The van der Waals surface area contributed by atoms with Crippen molar-refractivity contribution in [3.05, 3.63) is 45.7 Å². The first-order valence-corrected chi connectivity index (χ1v) is 7.74. The fourth-order valence-electron chi connectivity index (χ4n) is 3.09. The summed E-state index contributed by atoms with van der Waals surface area (Å²) in [6.45, 7) is 6.71. The summed E-state index contributed by atoms with van der Waals surface area (Å²) in [7, 11) is 0. The second-order valence-electron chi connectivity index (χ2n) is 5.52. The molecule has 4 nitrogen and oxygen atoms in total. The second-order valence-corrected chi connectivity index (χ2v) is 6.52. The van der Waals surface area contributed by atoms with Gasteiger partial charge in [0.1, 0.15) is 9.71 Å². The Kier molecular flexibility index (Phi) is 2.50. The summed E-state index contributed by atoms with van der Waals surface area (Å²) in [5.74, 6) is -0.00634. The van der Waals surface area contributed by atoms with E-state index in [0.29, 0.717) is 6.54 Å². The first-order chi connectivity index (χ1) is 10.1. The van der Waals surface area contributed by atoms with Crippen LogP contribution in [-0.2, 0) is 6.54 Å². The number of hydrogen-bond acceptors (Lipinski definition) is 3. The van der Waals surface area contributed by atoms with Crippen molar-refractivity contribution in [2.24, 2.45) is 0 Å². The summed E-state index contributed by atoms with van der Waals surface area (Å²) < 4.78 is 2.19. The molecule has 0 saturated carbocycles. The van der Waals surface area contributed by atoms with Crippen LogP contribution < -0.4 is 5.32 Å². The van der Waals surface area contributed by atoms with E-state index in [9.17, 15) is 4.79 Å². The number of aryl methyl sites for hydroxylation is 3. The molecule has 1 aliphatic heterocycles. The number of nitrogens with one attached hydrogen (secondary N) is 1. The van der Waals surface area contributed by atoms with E-state index in [1.165, 1.54) is 16.9 Å². The number of aromatic nitrogens is 2. The molecule has 0 atom stereocenters. The highest BCUT2D eigenvalue weighted by atomic mass is 32.1. The van der Waals surface area contributed by atoms with E-state index < -0.39 is 0 Å². The van der Waals surface area contributed by atoms with E-state index in [0.717, 1.165) is 37.9 Å². The van der Waals surface area contributed by atoms with Crippen molar-refractivity contribution in [2.45, 2.75) is 27.3 Å². The van der Waals surface area contributed by atoms with Crippen LogP contribution in [0.3, 0.4) is 0 Å². The summed E-state index contributed by atoms with van der Waals surface area (Å²) in [5.41, 5.74) is 5.40. The topological polar surface area (TPSA) is 46.9 Å². The number of hydrogen-bond donors (Lipinski definition) is 1. The zero-order valence-electron chi connectivity index (χ0n) is 12.2. The van der Waals surface area contributed by atoms with Gasteiger partial charge >= 0.3 is 0 Å². The highest BCUT2D eigenvalue weighted by molar-refractivity contribution is 7.21. The molecule has 0 aromatic carbocycles. The van der Waals surface area contributed by atoms with Gasteiger partial charge in [0, 0.05) is 22.5 Å². The van der Waals surface area contributed by atoms with Crippen LogP contribution in [0, 0.1) is 20.8 Å². The van der Waals surface area contributed by atoms with E-state index in [1.54, 1.807) is 0 Å². The Labute approximate surface area is 126 Å². The van der Waals surface area contributed by atoms with Crippen LogP contribution in [0.5, 0.6) is 0 Å². The number of carbonyl (C=O) groups is 1. The Balaban J connectivity index is 2.21. The van der Waals surface area contributed by atoms with Crippen molar-refractivity contribution in [3.63, 3.8) is 0 Å². The number of rotatable bonds is 0. The molecule has 0 saturated heterocycles. The molecular formula is C16H15N3OS. The number of thiophene rings is 1. The van der Waals surface area contributed by atoms with E-state index in [-0.39, 0.29) is 5.91 Å². The fourth-order valence-corrected chi connectivity index (χ4v) is 4.29. The highest BCUT2D eigenvalue weighted by Gasteiger charge is 2.26. The van der Waals surface area contributed by atoms with Crippen molar-refractivity contribution in [1.29, 1.82) is 0 Å². The van der Waals surface area contributed by atoms with Gasteiger partial charge in [0.25, 0.3) is 5.91 Å². The van der Waals surface area contributed by atoms with Gasteiger partial charge in [-0.1, -0.05) is 0 Å². The highest BCUT2D eigenvalue weighted by Crippen LogP contribution is 2.38. The van der Waals surface area contributed by atoms with Crippen molar-refractivity contribution in [1.82, 2.24) is 14.9 Å². The molecule has 0 radical (unpaired) electrons. The number of fused-ring (bicyclic) bond motifs is 5. The summed E-state index contributed by atoms with van der Waals surface area (Å²) in [6, 6.07) is 6.25. The molecule has 1 amide bonds. The lowest BCUT2D eigenvalue weighted by Gasteiger charge is -2.10. The predicted octanol–water partition coefficient (Wildman–Crippen LogP) is 3.26. The average Bonchev–Trinajstić information content (AvgIpc) is 2.93. The Bertz CT molecular complexity index is 904. The largest absolute Gasteiger partial charge is 0.346 e. The number of nitrogens with zero attached hydrogens (tertiary/aromatic N) is 2. The van der Waals surface area contributed by atoms with Gasteiger partial charge in [0.15, 0.2) is 0 Å². The van der Waals surface area contributed by atoms with Gasteiger partial charge in [0.2, 0.25) is 0 Å². The molecule has 0 unspecified atom stereocenters. The fraction of sp³-hybridized carbons (Fsp3) is 0.250. The minimum Gasteiger partial charge on any atom is -0.346 e. The van der Waals surface area contributed by atoms with Crippen LogP contribution in [-0.4, -0.2) is 15.5 Å². The smallest absolute Gasteiger partial charge is 0.263 e. The van der Waals surface area contributed by atoms with E-state index in [1.807, 2.05) is 6.92 Å². The Morgan fingerprint density at radius 2 is 2.10 bits per heavy atom. The van der Waals surface area contributed by atoms with Crippen molar-refractivity contribution in [2.75, 3.05) is 0 Å². The molecule has 4 heterocycles. The van der Waals surface area contributed by atoms with E-state index in [2.05, 4.69) is 46.9 Å². The number of carbonyl (C=O) groups excluding carboxylic acids is 1. The molecule has 3 aromatic heterocycles. The molecular weight excluding hydrogens is 282 g/mol. The molecule has 21 heavy (non-hydrogen) atoms. The molecule has 0 bridgehead atoms. The maximum absolute atomic E-state index is 12.4. The Hall–Kier alpha value is -2.14. The molecule has 0 spiro atoms. The first kappa shape index (κ1) is 12.6. The minimum atomic E-state index is -0.00634. The molecule has 5 heteroatoms. The molecule has 3 aromatic rings. The third kappa shape index (κ3) is 1.67. The van der Waals surface area contributed by atoms with Crippen LogP contribution in [0.4, 0.5) is 0 Å². The summed E-state index contributed by atoms with van der Waals surface area (Å²) in [5, 5.41) is 4.08. The third-order valence-corrected chi connectivity index (χ3v) is 5.05. The average molecular weight is 297 g/mol. The van der Waals surface area contributed by atoms with Crippen LogP contribution >= 0.6 is 11.3 Å². The maximum Gasteiger partial charge on any atom is 0.263 e. The Morgan fingerprint density at radius 3 is 2.90 bits per heavy atom. The van der Waals surface area contributed by atoms with Gasteiger partial charge in [-0.3, -0.25) is 4.79 Å². The minimum absolute atomic E-state index is 0.00634. The number of pyridine rings is 1. The molecule has 1 aliphatic rings. The lowest BCUT2D eigenvalue weighted by Crippen LogP contribution is -2.20. The monoisotopic (exact) mass is 297 g/mol. The van der Waals surface area contributed by atoms with Gasteiger partial charge in [-0.2, -0.15) is 0 Å². The van der Waals surface area contributed by atoms with Gasteiger partial charge in [-0.15, -0.1) is 11.3 Å². The molecule has 106 valence electrons. The van der Waals surface area contributed by atoms with Crippen LogP contribution in [0.15, 0.2) is 18.2 Å². The van der Waals surface area contributed by atoms with Crippen molar-refractivity contribution < 1.29 is 4.79 Å². The van der Waals surface area contributed by atoms with E-state index >= 15 is 0 Å². The SMILES string of the molecule is Cc1cc(C)c2c3c(sc2n1)C(=O)NCc1ccc(C)n1-3. The lowest BCUT2D eigenvalue weighted by molar-refractivity contribution is 0.0957. The van der Waals surface area contributed by atoms with Crippen LogP contribution in [0.2, 0.25) is 0 Å². The molecule has 1 N–H and O–H groups in total. The van der Waals surface area contributed by atoms with Gasteiger partial charge in [-0.05, 0) is 44.5 Å². The zero-order chi connectivity index (χ0) is 14.7. The van der Waals surface area contributed by atoms with Gasteiger partial charge in [-0.25, -0.2) is 4.98 Å². The Morgan fingerprint density at radius 1 is 1.29 bits per heavy atom. The third-order valence-electron chi connectivity index (χ3n) is 3.98. The van der Waals surface area contributed by atoms with Gasteiger partial charge < -0.3 is 9.88 Å². The van der Waals surface area contributed by atoms with Crippen LogP contribution in [0.1, 0.15) is 32.3 Å². The number of amides is 1. The first-order valence-electron chi connectivity index (χ1n) is 6.93. The summed E-state index contributed by atoms with van der Waals surface area (Å²) >= 11 is 1.48. The normalized spacial score (nSPS) is 13.8. The van der Waals surface area contributed by atoms with Crippen LogP contribution in [0.25, 0.3) is 15.9 Å². The standard InChI is InChI=1S/C16H15N3OS/c1-8-6-9(2)18-16-12(8)13-14(21-16)15(20)17-7-11-5-4-10(3)19(11)13/h4-6H,7H2,1-3H3,(H,17,20). The van der Waals surface area contributed by atoms with Crippen molar-refractivity contribution in [3.8, 4) is 5.69 Å². The van der Waals surface area contributed by atoms with Crippen molar-refractivity contribution >= 4 is 27.5 Å². The lowest BCUT2D eigenvalue weighted by atomic mass is 10.1. The van der Waals surface area contributed by atoms with E-state index in [4.69, 9.17) is 0 Å². The predicted molar refractivity (Wildman–Crippen MR) is 84.3 cm³/mol. The molecule has 0 aliphatic carbocycles. The molecule has 0 fully saturated rings.